The Hall–Kier alpha value is -1.58. The SMILES string of the molecule is CCC(C)Nc1ccc(C)cc1[N+](=O)[O-]. The Labute approximate surface area is 89.5 Å². The van der Waals surface area contributed by atoms with Gasteiger partial charge in [-0.05, 0) is 31.9 Å². The first-order valence-electron chi connectivity index (χ1n) is 5.06. The minimum Gasteiger partial charge on any atom is -0.377 e. The fraction of sp³-hybridized carbons (Fsp3) is 0.455. The number of nitro groups is 1. The van der Waals surface area contributed by atoms with E-state index in [-0.39, 0.29) is 16.7 Å². The summed E-state index contributed by atoms with van der Waals surface area (Å²) in [6, 6.07) is 5.47. The van der Waals surface area contributed by atoms with Crippen molar-refractivity contribution in [3.05, 3.63) is 33.9 Å². The number of aryl methyl sites for hydroxylation is 1. The lowest BCUT2D eigenvalue weighted by Gasteiger charge is -2.13. The van der Waals surface area contributed by atoms with Gasteiger partial charge in [-0.15, -0.1) is 0 Å². The summed E-state index contributed by atoms with van der Waals surface area (Å²) in [6.45, 7) is 5.89. The molecule has 1 unspecified atom stereocenters. The van der Waals surface area contributed by atoms with Gasteiger partial charge in [0.15, 0.2) is 0 Å². The number of hydrogen-bond acceptors (Lipinski definition) is 3. The molecule has 0 spiro atoms. The molecule has 15 heavy (non-hydrogen) atoms. The van der Waals surface area contributed by atoms with Crippen LogP contribution in [0, 0.1) is 17.0 Å². The van der Waals surface area contributed by atoms with E-state index in [0.29, 0.717) is 5.69 Å². The topological polar surface area (TPSA) is 55.2 Å². The van der Waals surface area contributed by atoms with E-state index in [1.165, 1.54) is 0 Å². The highest BCUT2D eigenvalue weighted by Crippen LogP contribution is 2.26. The van der Waals surface area contributed by atoms with Crippen LogP contribution in [0.3, 0.4) is 0 Å². The van der Waals surface area contributed by atoms with Crippen molar-refractivity contribution in [2.45, 2.75) is 33.2 Å². The predicted octanol–water partition coefficient (Wildman–Crippen LogP) is 3.11. The number of nitrogens with zero attached hydrogens (tertiary/aromatic N) is 1. The predicted molar refractivity (Wildman–Crippen MR) is 61.2 cm³/mol. The van der Waals surface area contributed by atoms with Crippen LogP contribution in [0.4, 0.5) is 11.4 Å². The van der Waals surface area contributed by atoms with Gasteiger partial charge in [-0.3, -0.25) is 10.1 Å². The molecule has 0 saturated carbocycles. The van der Waals surface area contributed by atoms with E-state index < -0.39 is 0 Å². The van der Waals surface area contributed by atoms with Crippen LogP contribution in [0.5, 0.6) is 0 Å². The average Bonchev–Trinajstić information content (AvgIpc) is 2.20. The number of hydrogen-bond donors (Lipinski definition) is 1. The van der Waals surface area contributed by atoms with Crippen molar-refractivity contribution in [1.82, 2.24) is 0 Å². The average molecular weight is 208 g/mol. The molecule has 1 aromatic rings. The van der Waals surface area contributed by atoms with E-state index in [1.807, 2.05) is 26.8 Å². The van der Waals surface area contributed by atoms with Crippen LogP contribution in [0.2, 0.25) is 0 Å². The first-order valence-corrected chi connectivity index (χ1v) is 5.06. The van der Waals surface area contributed by atoms with Gasteiger partial charge in [-0.25, -0.2) is 0 Å². The normalized spacial score (nSPS) is 12.2. The lowest BCUT2D eigenvalue weighted by atomic mass is 10.1. The van der Waals surface area contributed by atoms with Crippen molar-refractivity contribution in [1.29, 1.82) is 0 Å². The molecular formula is C11H16N2O2. The van der Waals surface area contributed by atoms with Crippen molar-refractivity contribution in [2.75, 3.05) is 5.32 Å². The van der Waals surface area contributed by atoms with Gasteiger partial charge < -0.3 is 5.32 Å². The molecule has 0 aliphatic rings. The fourth-order valence-electron chi connectivity index (χ4n) is 1.28. The van der Waals surface area contributed by atoms with E-state index in [9.17, 15) is 10.1 Å². The molecule has 1 rings (SSSR count). The molecule has 0 amide bonds. The van der Waals surface area contributed by atoms with Gasteiger partial charge in [-0.2, -0.15) is 0 Å². The maximum Gasteiger partial charge on any atom is 0.292 e. The zero-order valence-electron chi connectivity index (χ0n) is 9.28. The van der Waals surface area contributed by atoms with E-state index in [1.54, 1.807) is 12.1 Å². The Morgan fingerprint density at radius 2 is 2.20 bits per heavy atom. The third kappa shape index (κ3) is 2.94. The first-order chi connectivity index (χ1) is 7.04. The Balaban J connectivity index is 3.01. The Morgan fingerprint density at radius 3 is 2.73 bits per heavy atom. The van der Waals surface area contributed by atoms with Crippen LogP contribution < -0.4 is 5.32 Å². The van der Waals surface area contributed by atoms with Crippen LogP contribution in [0.25, 0.3) is 0 Å². The summed E-state index contributed by atoms with van der Waals surface area (Å²) in [5, 5.41) is 13.9. The largest absolute Gasteiger partial charge is 0.377 e. The van der Waals surface area contributed by atoms with Crippen molar-refractivity contribution in [3.63, 3.8) is 0 Å². The molecule has 1 aromatic carbocycles. The monoisotopic (exact) mass is 208 g/mol. The van der Waals surface area contributed by atoms with Crippen LogP contribution >= 0.6 is 0 Å². The number of nitrogens with one attached hydrogen (secondary N) is 1. The maximum absolute atomic E-state index is 10.8. The van der Waals surface area contributed by atoms with Crippen LogP contribution in [-0.4, -0.2) is 11.0 Å². The second-order valence-electron chi connectivity index (χ2n) is 3.73. The van der Waals surface area contributed by atoms with Crippen LogP contribution in [0.15, 0.2) is 18.2 Å². The molecule has 0 bridgehead atoms. The summed E-state index contributed by atoms with van der Waals surface area (Å²) in [5.41, 5.74) is 1.65. The van der Waals surface area contributed by atoms with Crippen LogP contribution in [0.1, 0.15) is 25.8 Å². The molecule has 1 atom stereocenters. The van der Waals surface area contributed by atoms with Crippen molar-refractivity contribution >= 4 is 11.4 Å². The standard InChI is InChI=1S/C11H16N2O2/c1-4-9(3)12-10-6-5-8(2)7-11(10)13(14)15/h5-7,9,12H,4H2,1-3H3. The minimum atomic E-state index is -0.349. The number of benzene rings is 1. The zero-order valence-corrected chi connectivity index (χ0v) is 9.28. The fourth-order valence-corrected chi connectivity index (χ4v) is 1.28. The highest BCUT2D eigenvalue weighted by Gasteiger charge is 2.14. The van der Waals surface area contributed by atoms with Gasteiger partial charge in [0.2, 0.25) is 0 Å². The maximum atomic E-state index is 10.8. The van der Waals surface area contributed by atoms with Gasteiger partial charge in [0.1, 0.15) is 5.69 Å². The second-order valence-corrected chi connectivity index (χ2v) is 3.73. The van der Waals surface area contributed by atoms with Gasteiger partial charge >= 0.3 is 0 Å². The summed E-state index contributed by atoms with van der Waals surface area (Å²) in [6.07, 6.45) is 0.936. The molecular weight excluding hydrogens is 192 g/mol. The van der Waals surface area contributed by atoms with Gasteiger partial charge in [0.05, 0.1) is 4.92 Å². The number of rotatable bonds is 4. The second kappa shape index (κ2) is 4.77. The molecule has 4 nitrogen and oxygen atoms in total. The summed E-state index contributed by atoms with van der Waals surface area (Å²) in [4.78, 5) is 10.5. The number of anilines is 1. The molecule has 1 N–H and O–H groups in total. The molecule has 4 heteroatoms. The van der Waals surface area contributed by atoms with E-state index in [4.69, 9.17) is 0 Å². The van der Waals surface area contributed by atoms with Crippen LogP contribution in [-0.2, 0) is 0 Å². The molecule has 0 aromatic heterocycles. The Kier molecular flexibility index (Phi) is 3.66. The summed E-state index contributed by atoms with van der Waals surface area (Å²) in [7, 11) is 0. The molecule has 0 aliphatic heterocycles. The quantitative estimate of drug-likeness (QED) is 0.611. The number of nitro benzene ring substituents is 1. The summed E-state index contributed by atoms with van der Waals surface area (Å²) < 4.78 is 0. The Morgan fingerprint density at radius 1 is 1.53 bits per heavy atom. The molecule has 0 aliphatic carbocycles. The summed E-state index contributed by atoms with van der Waals surface area (Å²) in [5.74, 6) is 0. The Bertz CT molecular complexity index is 364. The van der Waals surface area contributed by atoms with Crippen molar-refractivity contribution in [2.24, 2.45) is 0 Å². The van der Waals surface area contributed by atoms with Gasteiger partial charge in [0, 0.05) is 12.1 Å². The lowest BCUT2D eigenvalue weighted by molar-refractivity contribution is -0.384. The summed E-state index contributed by atoms with van der Waals surface area (Å²) >= 11 is 0. The van der Waals surface area contributed by atoms with Gasteiger partial charge in [0.25, 0.3) is 5.69 Å². The highest BCUT2D eigenvalue weighted by molar-refractivity contribution is 5.62. The molecule has 0 heterocycles. The van der Waals surface area contributed by atoms with E-state index in [2.05, 4.69) is 5.32 Å². The van der Waals surface area contributed by atoms with Crippen molar-refractivity contribution in [3.8, 4) is 0 Å². The van der Waals surface area contributed by atoms with E-state index >= 15 is 0 Å². The first kappa shape index (κ1) is 11.5. The van der Waals surface area contributed by atoms with E-state index in [0.717, 1.165) is 12.0 Å². The molecule has 0 radical (unpaired) electrons. The highest BCUT2D eigenvalue weighted by atomic mass is 16.6. The third-order valence-electron chi connectivity index (χ3n) is 2.36. The van der Waals surface area contributed by atoms with Gasteiger partial charge in [-0.1, -0.05) is 13.0 Å². The zero-order chi connectivity index (χ0) is 11.4. The smallest absolute Gasteiger partial charge is 0.292 e. The third-order valence-corrected chi connectivity index (χ3v) is 2.36. The lowest BCUT2D eigenvalue weighted by Crippen LogP contribution is -2.14. The molecule has 82 valence electrons. The minimum absolute atomic E-state index is 0.148. The molecule has 0 saturated heterocycles. The molecule has 0 fully saturated rings. The van der Waals surface area contributed by atoms with Crippen molar-refractivity contribution < 1.29 is 4.92 Å².